The summed E-state index contributed by atoms with van der Waals surface area (Å²) >= 11 is 0. The van der Waals surface area contributed by atoms with Crippen LogP contribution in [0.1, 0.15) is 42.5 Å². The molecule has 0 radical (unpaired) electrons. The SMILES string of the molecule is O=C(COC1CCC(Nc2ccc([N+](=O)[O-])c(C(F)(F)F)c2)CC1)N1CCN(Cc2ccc3ccc(C(F)(F)F)cc3n2)CC1. The lowest BCUT2D eigenvalue weighted by atomic mass is 9.92. The Morgan fingerprint density at radius 2 is 1.62 bits per heavy atom. The molecular formula is C30H31F6N5O4. The molecule has 1 saturated carbocycles. The standard InChI is InChI=1S/C30H31F6N5O4/c31-29(32,33)20-3-1-19-2-4-23(38-26(19)15-20)17-39-11-13-40(14-12-39)28(42)18-45-24-8-5-21(6-9-24)37-22-7-10-27(41(43)44)25(16-22)30(34,35)36/h1-4,7,10,15-16,21,24,37H,5-6,8-9,11-14,17-18H2. The highest BCUT2D eigenvalue weighted by Crippen LogP contribution is 2.38. The second-order valence-electron chi connectivity index (χ2n) is 11.3. The Labute approximate surface area is 254 Å². The van der Waals surface area contributed by atoms with Crippen molar-refractivity contribution in [3.8, 4) is 0 Å². The van der Waals surface area contributed by atoms with Gasteiger partial charge in [0.15, 0.2) is 0 Å². The molecule has 1 aliphatic heterocycles. The molecule has 2 heterocycles. The van der Waals surface area contributed by atoms with Crippen LogP contribution in [0.2, 0.25) is 0 Å². The minimum absolute atomic E-state index is 0.0895. The molecule has 5 rings (SSSR count). The lowest BCUT2D eigenvalue weighted by Crippen LogP contribution is -2.49. The van der Waals surface area contributed by atoms with Gasteiger partial charge in [-0.3, -0.25) is 24.8 Å². The van der Waals surface area contributed by atoms with Crippen molar-refractivity contribution in [2.24, 2.45) is 0 Å². The van der Waals surface area contributed by atoms with E-state index in [9.17, 15) is 41.3 Å². The number of piperazine rings is 1. The molecule has 45 heavy (non-hydrogen) atoms. The summed E-state index contributed by atoms with van der Waals surface area (Å²) in [6, 6.07) is 9.75. The van der Waals surface area contributed by atoms with E-state index >= 15 is 0 Å². The van der Waals surface area contributed by atoms with E-state index in [2.05, 4.69) is 15.2 Å². The molecule has 0 bridgehead atoms. The van der Waals surface area contributed by atoms with Gasteiger partial charge >= 0.3 is 12.4 Å². The van der Waals surface area contributed by atoms with Crippen LogP contribution >= 0.6 is 0 Å². The summed E-state index contributed by atoms with van der Waals surface area (Å²) in [5.74, 6) is -0.149. The molecule has 9 nitrogen and oxygen atoms in total. The van der Waals surface area contributed by atoms with Gasteiger partial charge in [0.2, 0.25) is 5.91 Å². The minimum atomic E-state index is -4.85. The van der Waals surface area contributed by atoms with Crippen molar-refractivity contribution in [2.75, 3.05) is 38.1 Å². The normalized spacial score (nSPS) is 19.9. The van der Waals surface area contributed by atoms with Crippen molar-refractivity contribution < 1.29 is 40.8 Å². The van der Waals surface area contributed by atoms with Gasteiger partial charge in [0.1, 0.15) is 12.2 Å². The molecule has 2 aromatic carbocycles. The highest BCUT2D eigenvalue weighted by atomic mass is 19.4. The van der Waals surface area contributed by atoms with E-state index in [-0.39, 0.29) is 35.9 Å². The van der Waals surface area contributed by atoms with E-state index in [1.807, 2.05) is 0 Å². The number of aromatic nitrogens is 1. The zero-order valence-corrected chi connectivity index (χ0v) is 24.0. The van der Waals surface area contributed by atoms with Gasteiger partial charge in [-0.2, -0.15) is 26.3 Å². The predicted octanol–water partition coefficient (Wildman–Crippen LogP) is 6.26. The van der Waals surface area contributed by atoms with Gasteiger partial charge in [-0.15, -0.1) is 0 Å². The van der Waals surface area contributed by atoms with E-state index in [0.717, 1.165) is 24.3 Å². The molecule has 1 aromatic heterocycles. The lowest BCUT2D eigenvalue weighted by Gasteiger charge is -2.35. The van der Waals surface area contributed by atoms with Crippen molar-refractivity contribution in [3.63, 3.8) is 0 Å². The number of carbonyl (C=O) groups excluding carboxylic acids is 1. The average Bonchev–Trinajstić information content (AvgIpc) is 2.99. The fraction of sp³-hybridized carbons (Fsp3) is 0.467. The Morgan fingerprint density at radius 1 is 0.933 bits per heavy atom. The average molecular weight is 640 g/mol. The second kappa shape index (κ2) is 13.2. The van der Waals surface area contributed by atoms with Crippen molar-refractivity contribution in [2.45, 2.75) is 56.7 Å². The van der Waals surface area contributed by atoms with Crippen LogP contribution < -0.4 is 5.32 Å². The summed E-state index contributed by atoms with van der Waals surface area (Å²) in [5.41, 5.74) is -1.97. The number of nitrogens with one attached hydrogen (secondary N) is 1. The van der Waals surface area contributed by atoms with Crippen molar-refractivity contribution in [1.29, 1.82) is 0 Å². The Bertz CT molecular complexity index is 1530. The molecule has 1 amide bonds. The number of alkyl halides is 6. The number of pyridine rings is 1. The fourth-order valence-corrected chi connectivity index (χ4v) is 5.71. The molecule has 0 spiro atoms. The summed E-state index contributed by atoms with van der Waals surface area (Å²) < 4.78 is 85.0. The van der Waals surface area contributed by atoms with Gasteiger partial charge in [0, 0.05) is 55.9 Å². The number of carbonyl (C=O) groups is 1. The van der Waals surface area contributed by atoms with E-state index in [1.54, 1.807) is 17.0 Å². The third-order valence-electron chi connectivity index (χ3n) is 8.17. The van der Waals surface area contributed by atoms with Crippen LogP contribution in [0.3, 0.4) is 0 Å². The van der Waals surface area contributed by atoms with Crippen molar-refractivity contribution >= 4 is 28.2 Å². The zero-order valence-electron chi connectivity index (χ0n) is 24.0. The number of hydrogen-bond donors (Lipinski definition) is 1. The lowest BCUT2D eigenvalue weighted by molar-refractivity contribution is -0.388. The first-order valence-corrected chi connectivity index (χ1v) is 14.5. The Morgan fingerprint density at radius 3 is 2.27 bits per heavy atom. The van der Waals surface area contributed by atoms with Crippen molar-refractivity contribution in [1.82, 2.24) is 14.8 Å². The maximum absolute atomic E-state index is 13.3. The Balaban J connectivity index is 1.04. The predicted molar refractivity (Wildman–Crippen MR) is 152 cm³/mol. The summed E-state index contributed by atoms with van der Waals surface area (Å²) in [5, 5.41) is 14.6. The monoisotopic (exact) mass is 639 g/mol. The van der Waals surface area contributed by atoms with Crippen LogP contribution in [0.5, 0.6) is 0 Å². The van der Waals surface area contributed by atoms with Gasteiger partial charge in [-0.25, -0.2) is 0 Å². The number of ether oxygens (including phenoxy) is 1. The first kappa shape index (κ1) is 32.4. The zero-order chi connectivity index (χ0) is 32.4. The Hall–Kier alpha value is -3.98. The number of anilines is 1. The van der Waals surface area contributed by atoms with E-state index in [1.165, 1.54) is 12.1 Å². The molecule has 0 unspecified atom stereocenters. The smallest absolute Gasteiger partial charge is 0.382 e. The maximum Gasteiger partial charge on any atom is 0.423 e. The quantitative estimate of drug-likeness (QED) is 0.176. The molecule has 1 N–H and O–H groups in total. The molecule has 0 atom stereocenters. The number of benzene rings is 2. The minimum Gasteiger partial charge on any atom is -0.382 e. The molecule has 1 saturated heterocycles. The molecule has 2 fully saturated rings. The fourth-order valence-electron chi connectivity index (χ4n) is 5.71. The highest BCUT2D eigenvalue weighted by molar-refractivity contribution is 5.79. The molecular weight excluding hydrogens is 608 g/mol. The summed E-state index contributed by atoms with van der Waals surface area (Å²) in [7, 11) is 0. The summed E-state index contributed by atoms with van der Waals surface area (Å²) in [4.78, 5) is 30.9. The van der Waals surface area contributed by atoms with Gasteiger partial charge in [-0.05, 0) is 56.0 Å². The van der Waals surface area contributed by atoms with E-state index < -0.39 is 34.1 Å². The number of halogens is 6. The third-order valence-corrected chi connectivity index (χ3v) is 8.17. The van der Waals surface area contributed by atoms with Crippen LogP contribution in [0.4, 0.5) is 37.7 Å². The number of hydrogen-bond acceptors (Lipinski definition) is 7. The molecule has 3 aromatic rings. The number of nitro benzene ring substituents is 1. The first-order valence-electron chi connectivity index (χ1n) is 14.5. The van der Waals surface area contributed by atoms with Gasteiger partial charge in [0.25, 0.3) is 5.69 Å². The molecule has 242 valence electrons. The molecule has 15 heteroatoms. The van der Waals surface area contributed by atoms with E-state index in [0.29, 0.717) is 69.5 Å². The second-order valence-corrected chi connectivity index (χ2v) is 11.3. The van der Waals surface area contributed by atoms with Gasteiger partial charge < -0.3 is 15.0 Å². The summed E-state index contributed by atoms with van der Waals surface area (Å²) in [6.07, 6.45) is -7.09. The van der Waals surface area contributed by atoms with Crippen LogP contribution in [0, 0.1) is 10.1 Å². The number of amides is 1. The van der Waals surface area contributed by atoms with Crippen molar-refractivity contribution in [3.05, 3.63) is 75.5 Å². The van der Waals surface area contributed by atoms with Crippen LogP contribution in [0.15, 0.2) is 48.5 Å². The molecule has 1 aliphatic carbocycles. The van der Waals surface area contributed by atoms with E-state index in [4.69, 9.17) is 4.74 Å². The van der Waals surface area contributed by atoms with Crippen LogP contribution in [0.25, 0.3) is 10.9 Å². The number of rotatable bonds is 8. The van der Waals surface area contributed by atoms with Crippen LogP contribution in [-0.4, -0.2) is 70.5 Å². The summed E-state index contributed by atoms with van der Waals surface area (Å²) in [6.45, 7) is 2.44. The number of fused-ring (bicyclic) bond motifs is 1. The number of nitrogens with zero attached hydrogens (tertiary/aromatic N) is 4. The van der Waals surface area contributed by atoms with Gasteiger partial charge in [0.05, 0.1) is 27.8 Å². The topological polar surface area (TPSA) is 101 Å². The van der Waals surface area contributed by atoms with Gasteiger partial charge in [-0.1, -0.05) is 12.1 Å². The number of nitro groups is 1. The first-order chi connectivity index (χ1) is 21.3. The largest absolute Gasteiger partial charge is 0.423 e. The highest BCUT2D eigenvalue weighted by Gasteiger charge is 2.38. The Kier molecular flexibility index (Phi) is 9.49. The molecule has 2 aliphatic rings. The third kappa shape index (κ3) is 8.19. The maximum atomic E-state index is 13.3. The van der Waals surface area contributed by atoms with Crippen LogP contribution in [-0.2, 0) is 28.4 Å².